The summed E-state index contributed by atoms with van der Waals surface area (Å²) < 4.78 is 2.07. The van der Waals surface area contributed by atoms with Gasteiger partial charge in [0.1, 0.15) is 5.82 Å². The predicted octanol–water partition coefficient (Wildman–Crippen LogP) is 0.667. The number of imidazole rings is 1. The van der Waals surface area contributed by atoms with Crippen LogP contribution in [0.25, 0.3) is 11.0 Å². The third-order valence-electron chi connectivity index (χ3n) is 3.35. The molecule has 19 heavy (non-hydrogen) atoms. The maximum absolute atomic E-state index is 9.41. The van der Waals surface area contributed by atoms with Crippen molar-refractivity contribution < 1.29 is 10.2 Å². The third kappa shape index (κ3) is 3.12. The highest BCUT2D eigenvalue weighted by Gasteiger charge is 2.09. The van der Waals surface area contributed by atoms with E-state index in [9.17, 15) is 5.11 Å². The molecular formula is C14H21N3O2. The minimum absolute atomic E-state index is 0.206. The van der Waals surface area contributed by atoms with Crippen LogP contribution in [0.3, 0.4) is 0 Å². The van der Waals surface area contributed by atoms with Crippen molar-refractivity contribution in [1.29, 1.82) is 0 Å². The van der Waals surface area contributed by atoms with Crippen molar-refractivity contribution in [1.82, 2.24) is 14.5 Å². The zero-order valence-electron chi connectivity index (χ0n) is 11.7. The molecule has 0 fully saturated rings. The van der Waals surface area contributed by atoms with Gasteiger partial charge in [-0.15, -0.1) is 0 Å². The van der Waals surface area contributed by atoms with E-state index < -0.39 is 6.10 Å². The fraction of sp³-hybridized carbons (Fsp3) is 0.500. The van der Waals surface area contributed by atoms with E-state index in [1.165, 1.54) is 0 Å². The Bertz CT molecular complexity index is 565. The standard InChI is InChI=1S/C14H21N3O2/c1-10-15-13-6-11(4-5-14(13)17(10)3)7-16(2)8-12(19)9-18/h4-6,12,18-19H,7-9H2,1-3H3. The van der Waals surface area contributed by atoms with Crippen LogP contribution in [0.2, 0.25) is 0 Å². The number of hydrogen-bond acceptors (Lipinski definition) is 4. The van der Waals surface area contributed by atoms with Crippen molar-refractivity contribution in [3.05, 3.63) is 29.6 Å². The van der Waals surface area contributed by atoms with Gasteiger partial charge in [-0.1, -0.05) is 6.07 Å². The van der Waals surface area contributed by atoms with Gasteiger partial charge >= 0.3 is 0 Å². The summed E-state index contributed by atoms with van der Waals surface area (Å²) >= 11 is 0. The molecule has 0 saturated heterocycles. The lowest BCUT2D eigenvalue weighted by molar-refractivity contribution is 0.0648. The lowest BCUT2D eigenvalue weighted by Gasteiger charge is -2.19. The molecule has 0 aliphatic carbocycles. The molecule has 0 aliphatic rings. The molecule has 1 aromatic heterocycles. The summed E-state index contributed by atoms with van der Waals surface area (Å²) in [7, 11) is 3.93. The first kappa shape index (κ1) is 14.0. The fourth-order valence-corrected chi connectivity index (χ4v) is 2.26. The Morgan fingerprint density at radius 3 is 2.84 bits per heavy atom. The number of aromatic nitrogens is 2. The highest BCUT2D eigenvalue weighted by Crippen LogP contribution is 2.17. The van der Waals surface area contributed by atoms with E-state index in [2.05, 4.69) is 27.8 Å². The topological polar surface area (TPSA) is 61.5 Å². The zero-order chi connectivity index (χ0) is 14.0. The Balaban J connectivity index is 2.13. The summed E-state index contributed by atoms with van der Waals surface area (Å²) in [4.78, 5) is 6.50. The van der Waals surface area contributed by atoms with Gasteiger partial charge in [-0.05, 0) is 31.7 Å². The van der Waals surface area contributed by atoms with Gasteiger partial charge in [0.05, 0.1) is 23.7 Å². The van der Waals surface area contributed by atoms with E-state index in [1.807, 2.05) is 25.9 Å². The molecule has 1 atom stereocenters. The number of hydrogen-bond donors (Lipinski definition) is 2. The summed E-state index contributed by atoms with van der Waals surface area (Å²) in [5.74, 6) is 0.996. The molecule has 2 rings (SSSR count). The fourth-order valence-electron chi connectivity index (χ4n) is 2.26. The van der Waals surface area contributed by atoms with Crippen LogP contribution in [-0.4, -0.2) is 51.0 Å². The van der Waals surface area contributed by atoms with E-state index >= 15 is 0 Å². The molecule has 0 radical (unpaired) electrons. The molecule has 1 aromatic carbocycles. The van der Waals surface area contributed by atoms with Crippen LogP contribution in [0.15, 0.2) is 18.2 Å². The minimum Gasteiger partial charge on any atom is -0.394 e. The number of likely N-dealkylation sites (N-methyl/N-ethyl adjacent to an activating group) is 1. The van der Waals surface area contributed by atoms with E-state index in [0.717, 1.165) is 29.0 Å². The number of aliphatic hydroxyl groups is 2. The molecule has 1 unspecified atom stereocenters. The highest BCUT2D eigenvalue weighted by molar-refractivity contribution is 5.76. The van der Waals surface area contributed by atoms with Crippen molar-refractivity contribution in [3.63, 3.8) is 0 Å². The molecule has 0 spiro atoms. The molecule has 0 amide bonds. The molecular weight excluding hydrogens is 242 g/mol. The molecule has 1 heterocycles. The Hall–Kier alpha value is -1.43. The summed E-state index contributed by atoms with van der Waals surface area (Å²) in [6.07, 6.45) is -0.689. The third-order valence-corrected chi connectivity index (χ3v) is 3.35. The average Bonchev–Trinajstić information content (AvgIpc) is 2.64. The Morgan fingerprint density at radius 2 is 2.16 bits per heavy atom. The van der Waals surface area contributed by atoms with Crippen molar-refractivity contribution in [2.45, 2.75) is 19.6 Å². The number of benzene rings is 1. The smallest absolute Gasteiger partial charge is 0.106 e. The number of rotatable bonds is 5. The van der Waals surface area contributed by atoms with Gasteiger partial charge in [-0.3, -0.25) is 4.90 Å². The Kier molecular flexibility index (Phi) is 4.19. The van der Waals surface area contributed by atoms with E-state index in [0.29, 0.717) is 6.54 Å². The number of aryl methyl sites for hydroxylation is 2. The van der Waals surface area contributed by atoms with Crippen LogP contribution in [0.5, 0.6) is 0 Å². The largest absolute Gasteiger partial charge is 0.394 e. The molecule has 2 N–H and O–H groups in total. The Labute approximate surface area is 113 Å². The predicted molar refractivity (Wildman–Crippen MR) is 74.9 cm³/mol. The van der Waals surface area contributed by atoms with Gasteiger partial charge in [0.2, 0.25) is 0 Å². The lowest BCUT2D eigenvalue weighted by atomic mass is 10.2. The van der Waals surface area contributed by atoms with E-state index in [-0.39, 0.29) is 6.61 Å². The molecule has 5 heteroatoms. The van der Waals surface area contributed by atoms with Gasteiger partial charge in [0.15, 0.2) is 0 Å². The first-order chi connectivity index (χ1) is 9.01. The number of nitrogens with zero attached hydrogens (tertiary/aromatic N) is 3. The van der Waals surface area contributed by atoms with Gasteiger partial charge in [-0.25, -0.2) is 4.98 Å². The first-order valence-electron chi connectivity index (χ1n) is 6.40. The van der Waals surface area contributed by atoms with E-state index in [1.54, 1.807) is 0 Å². The average molecular weight is 263 g/mol. The van der Waals surface area contributed by atoms with Crippen molar-refractivity contribution in [2.75, 3.05) is 20.2 Å². The molecule has 0 aliphatic heterocycles. The number of fused-ring (bicyclic) bond motifs is 1. The molecule has 0 bridgehead atoms. The molecule has 2 aromatic rings. The summed E-state index contributed by atoms with van der Waals surface area (Å²) in [5.41, 5.74) is 3.27. The van der Waals surface area contributed by atoms with E-state index in [4.69, 9.17) is 5.11 Å². The second kappa shape index (κ2) is 5.69. The van der Waals surface area contributed by atoms with Gasteiger partial charge < -0.3 is 14.8 Å². The van der Waals surface area contributed by atoms with Gasteiger partial charge in [-0.2, -0.15) is 0 Å². The lowest BCUT2D eigenvalue weighted by Crippen LogP contribution is -2.30. The van der Waals surface area contributed by atoms with Crippen molar-refractivity contribution in [2.24, 2.45) is 7.05 Å². The van der Waals surface area contributed by atoms with Gasteiger partial charge in [0.25, 0.3) is 0 Å². The maximum Gasteiger partial charge on any atom is 0.106 e. The van der Waals surface area contributed by atoms with Crippen LogP contribution in [0.4, 0.5) is 0 Å². The Morgan fingerprint density at radius 1 is 1.42 bits per heavy atom. The molecule has 0 saturated carbocycles. The highest BCUT2D eigenvalue weighted by atomic mass is 16.3. The van der Waals surface area contributed by atoms with Gasteiger partial charge in [0, 0.05) is 20.1 Å². The van der Waals surface area contributed by atoms with Crippen LogP contribution in [-0.2, 0) is 13.6 Å². The maximum atomic E-state index is 9.41. The summed E-state index contributed by atoms with van der Waals surface area (Å²) in [6.45, 7) is 2.96. The van der Waals surface area contributed by atoms with Crippen LogP contribution in [0.1, 0.15) is 11.4 Å². The monoisotopic (exact) mass is 263 g/mol. The van der Waals surface area contributed by atoms with Crippen LogP contribution >= 0.6 is 0 Å². The van der Waals surface area contributed by atoms with Crippen LogP contribution < -0.4 is 0 Å². The SMILES string of the molecule is Cc1nc2cc(CN(C)CC(O)CO)ccc2n1C. The first-order valence-corrected chi connectivity index (χ1v) is 6.40. The van der Waals surface area contributed by atoms with Crippen molar-refractivity contribution >= 4 is 11.0 Å². The zero-order valence-corrected chi connectivity index (χ0v) is 11.7. The summed E-state index contributed by atoms with van der Waals surface area (Å²) in [6, 6.07) is 6.22. The minimum atomic E-state index is -0.689. The van der Waals surface area contributed by atoms with Crippen LogP contribution in [0, 0.1) is 6.92 Å². The molecule has 104 valence electrons. The van der Waals surface area contributed by atoms with Crippen molar-refractivity contribution in [3.8, 4) is 0 Å². The molecule has 5 nitrogen and oxygen atoms in total. The quantitative estimate of drug-likeness (QED) is 0.832. The number of aliphatic hydroxyl groups excluding tert-OH is 2. The summed E-state index contributed by atoms with van der Waals surface area (Å²) in [5, 5.41) is 18.2. The normalized spacial score (nSPS) is 13.4. The second-order valence-electron chi connectivity index (χ2n) is 5.07. The second-order valence-corrected chi connectivity index (χ2v) is 5.07.